The number of nitrogens with zero attached hydrogens (tertiary/aromatic N) is 1. The first kappa shape index (κ1) is 27.3. The molecule has 1 aromatic heterocycles. The van der Waals surface area contributed by atoms with Gasteiger partial charge >= 0.3 is 0 Å². The monoisotopic (exact) mass is 539 g/mol. The average Bonchev–Trinajstić information content (AvgIpc) is 2.93. The molecule has 0 saturated carbocycles. The van der Waals surface area contributed by atoms with Gasteiger partial charge in [-0.2, -0.15) is 0 Å². The van der Waals surface area contributed by atoms with Crippen LogP contribution in [0.1, 0.15) is 24.1 Å². The highest BCUT2D eigenvalue weighted by molar-refractivity contribution is 7.93. The number of carbonyl (C=O) groups excluding carboxylic acids is 1. The minimum Gasteiger partial charge on any atom is -0.383 e. The van der Waals surface area contributed by atoms with Crippen molar-refractivity contribution in [2.75, 3.05) is 16.4 Å². The number of nitrogens with two attached hydrogens (primary N) is 2. The van der Waals surface area contributed by atoms with E-state index in [0.717, 1.165) is 16.3 Å². The van der Waals surface area contributed by atoms with E-state index < -0.39 is 16.1 Å². The first-order valence-electron chi connectivity index (χ1n) is 12.1. The minimum atomic E-state index is -3.97. The number of fused-ring (bicyclic) bond motifs is 1. The topological polar surface area (TPSA) is 140 Å². The summed E-state index contributed by atoms with van der Waals surface area (Å²) in [6.45, 7) is 5.30. The van der Waals surface area contributed by atoms with Gasteiger partial charge in [-0.3, -0.25) is 4.79 Å². The number of amides is 1. The van der Waals surface area contributed by atoms with Crippen LogP contribution in [0.25, 0.3) is 16.3 Å². The summed E-state index contributed by atoms with van der Waals surface area (Å²) in [6, 6.07) is 23.0. The van der Waals surface area contributed by atoms with Crippen LogP contribution in [0, 0.1) is 0 Å². The van der Waals surface area contributed by atoms with Crippen molar-refractivity contribution >= 4 is 49.5 Å². The SMILES string of the molecule is C=C/C=C(\C(=C/C)c1ccc(NC(=O)C(Nc2ccc3ccnc(N)c3c2)c2ccccc2)cc1)S(N)(=O)=O. The Morgan fingerprint density at radius 2 is 1.69 bits per heavy atom. The van der Waals surface area contributed by atoms with Crippen molar-refractivity contribution in [2.45, 2.75) is 13.0 Å². The number of nitrogen functional groups attached to an aromatic ring is 1. The second-order valence-corrected chi connectivity index (χ2v) is 10.2. The Hall–Kier alpha value is -4.73. The number of pyridine rings is 1. The largest absolute Gasteiger partial charge is 0.383 e. The van der Waals surface area contributed by atoms with E-state index in [4.69, 9.17) is 10.9 Å². The third-order valence-electron chi connectivity index (χ3n) is 6.10. The molecule has 4 aromatic rings. The molecule has 4 rings (SSSR count). The van der Waals surface area contributed by atoms with Crippen LogP contribution in [0.3, 0.4) is 0 Å². The van der Waals surface area contributed by atoms with E-state index >= 15 is 0 Å². The number of hydrogen-bond acceptors (Lipinski definition) is 6. The Bertz CT molecular complexity index is 1680. The zero-order valence-corrected chi connectivity index (χ0v) is 22.2. The van der Waals surface area contributed by atoms with Crippen LogP contribution < -0.4 is 21.5 Å². The zero-order valence-electron chi connectivity index (χ0n) is 21.3. The van der Waals surface area contributed by atoms with Crippen LogP contribution in [-0.4, -0.2) is 19.3 Å². The van der Waals surface area contributed by atoms with Crippen LogP contribution in [0.15, 0.2) is 115 Å². The smallest absolute Gasteiger partial charge is 0.251 e. The quantitative estimate of drug-likeness (QED) is 0.211. The van der Waals surface area contributed by atoms with Gasteiger partial charge in [-0.05, 0) is 65.4 Å². The third kappa shape index (κ3) is 6.40. The predicted molar refractivity (Wildman–Crippen MR) is 159 cm³/mol. The highest BCUT2D eigenvalue weighted by Gasteiger charge is 2.22. The van der Waals surface area contributed by atoms with Crippen LogP contribution in [0.4, 0.5) is 17.2 Å². The average molecular weight is 540 g/mol. The van der Waals surface area contributed by atoms with E-state index in [2.05, 4.69) is 22.2 Å². The molecule has 0 saturated heterocycles. The maximum absolute atomic E-state index is 13.5. The van der Waals surface area contributed by atoms with Crippen molar-refractivity contribution in [1.29, 1.82) is 0 Å². The summed E-state index contributed by atoms with van der Waals surface area (Å²) in [5, 5.41) is 13.4. The lowest BCUT2D eigenvalue weighted by atomic mass is 10.0. The molecule has 198 valence electrons. The minimum absolute atomic E-state index is 0.0450. The fourth-order valence-electron chi connectivity index (χ4n) is 4.24. The Balaban J connectivity index is 1.60. The van der Waals surface area contributed by atoms with E-state index in [1.807, 2.05) is 54.6 Å². The van der Waals surface area contributed by atoms with Gasteiger partial charge in [-0.15, -0.1) is 0 Å². The van der Waals surface area contributed by atoms with Gasteiger partial charge in [0.25, 0.3) is 5.91 Å². The molecule has 9 heteroatoms. The maximum Gasteiger partial charge on any atom is 0.251 e. The van der Waals surface area contributed by atoms with E-state index in [1.54, 1.807) is 43.5 Å². The van der Waals surface area contributed by atoms with E-state index in [1.165, 1.54) is 12.2 Å². The molecule has 0 bridgehead atoms. The summed E-state index contributed by atoms with van der Waals surface area (Å²) in [6.07, 6.45) is 6.04. The zero-order chi connectivity index (χ0) is 28.0. The molecular weight excluding hydrogens is 510 g/mol. The van der Waals surface area contributed by atoms with Gasteiger partial charge in [0.2, 0.25) is 10.0 Å². The van der Waals surface area contributed by atoms with E-state index in [0.29, 0.717) is 28.3 Å². The lowest BCUT2D eigenvalue weighted by molar-refractivity contribution is -0.117. The molecule has 0 aliphatic carbocycles. The summed E-state index contributed by atoms with van der Waals surface area (Å²) >= 11 is 0. The van der Waals surface area contributed by atoms with Crippen LogP contribution in [-0.2, 0) is 14.8 Å². The number of anilines is 3. The van der Waals surface area contributed by atoms with E-state index in [9.17, 15) is 13.2 Å². The molecule has 6 N–H and O–H groups in total. The standard InChI is InChI=1S/C30H29N5O3S/c1-3-8-27(39(32,37)38)25(4-2)20-11-14-23(15-12-20)35-30(36)28(22-9-6-5-7-10-22)34-24-16-13-21-17-18-33-29(31)26(21)19-24/h3-19,28,34H,1H2,2H3,(H2,31,33)(H,35,36)(H2,32,37,38)/b25-4-,27-8+. The summed E-state index contributed by atoms with van der Waals surface area (Å²) in [5.74, 6) is 0.127. The molecule has 0 spiro atoms. The molecule has 1 amide bonds. The lowest BCUT2D eigenvalue weighted by Gasteiger charge is -2.21. The number of aromatic nitrogens is 1. The van der Waals surface area contributed by atoms with Gasteiger partial charge < -0.3 is 16.4 Å². The highest BCUT2D eigenvalue weighted by atomic mass is 32.2. The van der Waals surface area contributed by atoms with Gasteiger partial charge in [0.15, 0.2) is 0 Å². The molecule has 1 unspecified atom stereocenters. The summed E-state index contributed by atoms with van der Waals surface area (Å²) in [7, 11) is -3.97. The van der Waals surface area contributed by atoms with Gasteiger partial charge in [-0.1, -0.05) is 67.3 Å². The Labute approximate surface area is 227 Å². The van der Waals surface area contributed by atoms with Crippen LogP contribution >= 0.6 is 0 Å². The molecule has 39 heavy (non-hydrogen) atoms. The van der Waals surface area contributed by atoms with E-state index in [-0.39, 0.29) is 10.8 Å². The molecular formula is C30H29N5O3S. The third-order valence-corrected chi connectivity index (χ3v) is 7.07. The van der Waals surface area contributed by atoms with Crippen molar-refractivity contribution in [3.63, 3.8) is 0 Å². The normalized spacial score (nSPS) is 13.1. The number of nitrogens with one attached hydrogen (secondary N) is 2. The second-order valence-electron chi connectivity index (χ2n) is 8.70. The summed E-state index contributed by atoms with van der Waals surface area (Å²) < 4.78 is 24.2. The molecule has 0 fully saturated rings. The molecule has 3 aromatic carbocycles. The number of carbonyl (C=O) groups is 1. The van der Waals surface area contributed by atoms with Gasteiger partial charge in [-0.25, -0.2) is 18.5 Å². The van der Waals surface area contributed by atoms with Gasteiger partial charge in [0, 0.05) is 23.0 Å². The molecule has 0 radical (unpaired) electrons. The van der Waals surface area contributed by atoms with Crippen molar-refractivity contribution in [1.82, 2.24) is 4.98 Å². The van der Waals surface area contributed by atoms with Crippen molar-refractivity contribution in [3.8, 4) is 0 Å². The number of sulfonamides is 1. The molecule has 1 heterocycles. The lowest BCUT2D eigenvalue weighted by Crippen LogP contribution is -2.27. The Kier molecular flexibility index (Phi) is 8.24. The Morgan fingerprint density at radius 1 is 1.00 bits per heavy atom. The molecule has 1 atom stereocenters. The summed E-state index contributed by atoms with van der Waals surface area (Å²) in [4.78, 5) is 17.6. The fraction of sp³-hybridized carbons (Fsp3) is 0.0667. The number of benzene rings is 3. The number of primary sulfonamides is 1. The van der Waals surface area contributed by atoms with Crippen LogP contribution in [0.2, 0.25) is 0 Å². The van der Waals surface area contributed by atoms with Crippen molar-refractivity contribution in [2.24, 2.45) is 5.14 Å². The van der Waals surface area contributed by atoms with Crippen molar-refractivity contribution < 1.29 is 13.2 Å². The number of hydrogen-bond donors (Lipinski definition) is 4. The Morgan fingerprint density at radius 3 is 2.33 bits per heavy atom. The van der Waals surface area contributed by atoms with Crippen molar-refractivity contribution in [3.05, 3.63) is 126 Å². The first-order valence-corrected chi connectivity index (χ1v) is 13.6. The molecule has 8 nitrogen and oxygen atoms in total. The highest BCUT2D eigenvalue weighted by Crippen LogP contribution is 2.29. The predicted octanol–water partition coefficient (Wildman–Crippen LogP) is 5.37. The number of rotatable bonds is 9. The molecule has 0 aliphatic rings. The van der Waals surface area contributed by atoms with Crippen LogP contribution in [0.5, 0.6) is 0 Å². The maximum atomic E-state index is 13.5. The van der Waals surface area contributed by atoms with Gasteiger partial charge in [0.1, 0.15) is 11.9 Å². The second kappa shape index (κ2) is 11.8. The number of allylic oxidation sites excluding steroid dienone is 4. The summed E-state index contributed by atoms with van der Waals surface area (Å²) in [5.41, 5.74) is 9.14. The molecule has 0 aliphatic heterocycles. The van der Waals surface area contributed by atoms with Gasteiger partial charge in [0.05, 0.1) is 4.91 Å². The first-order chi connectivity index (χ1) is 18.7. The fourth-order valence-corrected chi connectivity index (χ4v) is 5.06.